The first-order chi connectivity index (χ1) is 3.35. The molecule has 0 spiro atoms. The number of guanidine groups is 1. The highest BCUT2D eigenvalue weighted by molar-refractivity contribution is 6.19. The Morgan fingerprint density at radius 2 is 1.86 bits per heavy atom. The van der Waals surface area contributed by atoms with E-state index in [1.165, 1.54) is 0 Å². The fourth-order valence-electron chi connectivity index (χ4n) is 0.0905. The molecule has 0 atom stereocenters. The van der Waals surface area contributed by atoms with E-state index in [-0.39, 0.29) is 5.96 Å². The molecule has 0 aliphatic heterocycles. The van der Waals surface area contributed by atoms with Crippen molar-refractivity contribution in [2.45, 2.75) is 0 Å². The third-order valence-electron chi connectivity index (χ3n) is 0.358. The lowest BCUT2D eigenvalue weighted by atomic mass is 11.1. The van der Waals surface area contributed by atoms with Crippen LogP contribution in [0.4, 0.5) is 0 Å². The lowest BCUT2D eigenvalue weighted by Gasteiger charge is -1.97. The van der Waals surface area contributed by atoms with Crippen molar-refractivity contribution >= 4 is 17.7 Å². The molecule has 0 rings (SSSR count). The topological polar surface area (TPSA) is 88.5 Å². The fourth-order valence-corrected chi connectivity index (χ4v) is 0.188. The average Bonchev–Trinajstić information content (AvgIpc) is 1.72. The van der Waals surface area contributed by atoms with Gasteiger partial charge in [0.2, 0.25) is 5.96 Å². The minimum absolute atomic E-state index is 0.127. The van der Waals surface area contributed by atoms with Gasteiger partial charge in [-0.05, 0) is 0 Å². The van der Waals surface area contributed by atoms with Gasteiger partial charge in [0.15, 0.2) is 0 Å². The molecule has 5 nitrogen and oxygen atoms in total. The van der Waals surface area contributed by atoms with Crippen molar-refractivity contribution in [3.63, 3.8) is 0 Å². The van der Waals surface area contributed by atoms with Gasteiger partial charge < -0.3 is 0 Å². The van der Waals surface area contributed by atoms with Gasteiger partial charge in [-0.1, -0.05) is 0 Å². The van der Waals surface area contributed by atoms with Crippen molar-refractivity contribution in [3.05, 3.63) is 0 Å². The van der Waals surface area contributed by atoms with Gasteiger partial charge in [-0.15, -0.1) is 4.51 Å². The summed E-state index contributed by atoms with van der Waals surface area (Å²) in [5, 5.41) is 0. The molecular formula is CH6ClN5. The average molecular weight is 124 g/mol. The lowest BCUT2D eigenvalue weighted by Crippen LogP contribution is -2.44. The second-order valence-corrected chi connectivity index (χ2v) is 0.891. The zero-order valence-electron chi connectivity index (χ0n) is 3.48. The van der Waals surface area contributed by atoms with Crippen LogP contribution in [0.5, 0.6) is 0 Å². The molecule has 0 amide bonds. The monoisotopic (exact) mass is 123 g/mol. The number of hydrogen-bond acceptors (Lipinski definition) is 3. The number of nitrogens with zero attached hydrogens (tertiary/aromatic N) is 1. The van der Waals surface area contributed by atoms with Gasteiger partial charge in [-0.2, -0.15) is 0 Å². The molecule has 0 aliphatic rings. The number of nitrogens with two attached hydrogens (primary N) is 2. The van der Waals surface area contributed by atoms with Crippen molar-refractivity contribution in [2.24, 2.45) is 16.2 Å². The van der Waals surface area contributed by atoms with E-state index in [9.17, 15) is 0 Å². The summed E-state index contributed by atoms with van der Waals surface area (Å²) < 4.78 is 3.04. The Balaban J connectivity index is 3.38. The first-order valence-electron chi connectivity index (χ1n) is 1.47. The first-order valence-corrected chi connectivity index (χ1v) is 1.81. The highest BCUT2D eigenvalue weighted by Gasteiger charge is 1.82. The first kappa shape index (κ1) is 6.48. The van der Waals surface area contributed by atoms with Gasteiger partial charge in [0.05, 0.1) is 0 Å². The number of rotatable bonds is 0. The maximum Gasteiger partial charge on any atom is 0.237 e. The van der Waals surface area contributed by atoms with Gasteiger partial charge in [-0.3, -0.25) is 10.9 Å². The number of nitrogens with one attached hydrogen (secondary N) is 2. The van der Waals surface area contributed by atoms with E-state index in [1.54, 1.807) is 0 Å². The third-order valence-corrected chi connectivity index (χ3v) is 0.527. The predicted molar refractivity (Wildman–Crippen MR) is 27.9 cm³/mol. The zero-order valence-corrected chi connectivity index (χ0v) is 4.24. The second kappa shape index (κ2) is 3.66. The van der Waals surface area contributed by atoms with E-state index in [0.717, 1.165) is 0 Å². The van der Waals surface area contributed by atoms with E-state index < -0.39 is 0 Å². The van der Waals surface area contributed by atoms with Gasteiger partial charge >= 0.3 is 0 Å². The summed E-state index contributed by atoms with van der Waals surface area (Å²) in [6.07, 6.45) is 0. The summed E-state index contributed by atoms with van der Waals surface area (Å²) in [5.74, 6) is 9.70. The highest BCUT2D eigenvalue weighted by atomic mass is 35.5. The molecule has 0 bridgehead atoms. The molecular weight excluding hydrogens is 117 g/mol. The minimum Gasteiger partial charge on any atom is -0.292 e. The fraction of sp³-hybridized carbons (Fsp3) is 0. The minimum atomic E-state index is 0.127. The van der Waals surface area contributed by atoms with Gasteiger partial charge in [0.25, 0.3) is 0 Å². The molecule has 0 saturated heterocycles. The molecule has 0 heterocycles. The van der Waals surface area contributed by atoms with Crippen molar-refractivity contribution in [2.75, 3.05) is 0 Å². The van der Waals surface area contributed by atoms with E-state index >= 15 is 0 Å². The van der Waals surface area contributed by atoms with Crippen LogP contribution in [0.15, 0.2) is 4.51 Å². The highest BCUT2D eigenvalue weighted by Crippen LogP contribution is 1.69. The summed E-state index contributed by atoms with van der Waals surface area (Å²) >= 11 is 4.87. The van der Waals surface area contributed by atoms with Crippen LogP contribution in [0.2, 0.25) is 0 Å². The molecule has 0 saturated carbocycles. The molecule has 0 aromatic carbocycles. The second-order valence-electron chi connectivity index (χ2n) is 0.722. The number of hydrazine groups is 2. The smallest absolute Gasteiger partial charge is 0.237 e. The van der Waals surface area contributed by atoms with Crippen molar-refractivity contribution in [1.29, 1.82) is 0 Å². The summed E-state index contributed by atoms with van der Waals surface area (Å²) in [6, 6.07) is 0. The molecule has 7 heavy (non-hydrogen) atoms. The summed E-state index contributed by atoms with van der Waals surface area (Å²) in [6.45, 7) is 0. The zero-order chi connectivity index (χ0) is 5.70. The van der Waals surface area contributed by atoms with E-state index in [1.807, 2.05) is 0 Å². The molecule has 0 radical (unpaired) electrons. The quantitative estimate of drug-likeness (QED) is 0.136. The Bertz CT molecular complexity index is 62.5. The Morgan fingerprint density at radius 1 is 1.43 bits per heavy atom. The third kappa shape index (κ3) is 2.21. The van der Waals surface area contributed by atoms with Crippen molar-refractivity contribution in [1.82, 2.24) is 10.9 Å². The Hall–Kier alpha value is -0.520. The normalized spacial score (nSPS) is 7.29. The van der Waals surface area contributed by atoms with Crippen LogP contribution in [0.1, 0.15) is 0 Å². The van der Waals surface area contributed by atoms with Crippen LogP contribution in [0, 0.1) is 0 Å². The molecule has 0 aromatic heterocycles. The molecule has 0 aromatic rings. The number of hydrogen-bond donors (Lipinski definition) is 4. The summed E-state index contributed by atoms with van der Waals surface area (Å²) in [4.78, 5) is 0. The van der Waals surface area contributed by atoms with Crippen LogP contribution in [-0.2, 0) is 0 Å². The van der Waals surface area contributed by atoms with Crippen molar-refractivity contribution in [3.8, 4) is 0 Å². The molecule has 6 heteroatoms. The maximum absolute atomic E-state index is 4.87. The van der Waals surface area contributed by atoms with Crippen molar-refractivity contribution < 1.29 is 0 Å². The van der Waals surface area contributed by atoms with Gasteiger partial charge in [-0.25, -0.2) is 11.7 Å². The summed E-state index contributed by atoms with van der Waals surface area (Å²) in [5.41, 5.74) is 4.17. The van der Waals surface area contributed by atoms with Crippen LogP contribution in [0.3, 0.4) is 0 Å². The molecule has 0 fully saturated rings. The van der Waals surface area contributed by atoms with E-state index in [2.05, 4.69) is 15.4 Å². The standard InChI is InChI=1S/CH6ClN5/c2-5-1(6-3)7-4/h3-4H2,(H2,5,6,7). The van der Waals surface area contributed by atoms with Crippen LogP contribution >= 0.6 is 11.8 Å². The van der Waals surface area contributed by atoms with Gasteiger partial charge in [0.1, 0.15) is 0 Å². The summed E-state index contributed by atoms with van der Waals surface area (Å²) in [7, 11) is 0. The SMILES string of the molecule is NNC(=NCl)NN. The largest absolute Gasteiger partial charge is 0.292 e. The van der Waals surface area contributed by atoms with Gasteiger partial charge in [0, 0.05) is 11.8 Å². The lowest BCUT2D eigenvalue weighted by molar-refractivity contribution is 0.902. The van der Waals surface area contributed by atoms with Crippen LogP contribution < -0.4 is 22.5 Å². The molecule has 42 valence electrons. The Morgan fingerprint density at radius 3 is 1.86 bits per heavy atom. The van der Waals surface area contributed by atoms with E-state index in [0.29, 0.717) is 0 Å². The predicted octanol–water partition coefficient (Wildman–Crippen LogP) is -1.58. The molecule has 6 N–H and O–H groups in total. The number of halogens is 1. The van der Waals surface area contributed by atoms with E-state index in [4.69, 9.17) is 23.5 Å². The maximum atomic E-state index is 4.87. The molecule has 0 unspecified atom stereocenters. The Kier molecular flexibility index (Phi) is 3.39. The Labute approximate surface area is 45.8 Å². The van der Waals surface area contributed by atoms with Crippen LogP contribution in [-0.4, -0.2) is 5.96 Å². The van der Waals surface area contributed by atoms with Crippen LogP contribution in [0.25, 0.3) is 0 Å². The molecule has 0 aliphatic carbocycles.